The lowest BCUT2D eigenvalue weighted by atomic mass is 10.5. The van der Waals surface area contributed by atoms with Gasteiger partial charge < -0.3 is 4.74 Å². The summed E-state index contributed by atoms with van der Waals surface area (Å²) >= 11 is 0. The van der Waals surface area contributed by atoms with Gasteiger partial charge in [0.25, 0.3) is 6.47 Å². The van der Waals surface area contributed by atoms with E-state index in [9.17, 15) is 4.79 Å². The van der Waals surface area contributed by atoms with E-state index in [-0.39, 0.29) is 0 Å². The minimum Gasteiger partial charge on any atom is -0.468 e. The van der Waals surface area contributed by atoms with Crippen LogP contribution in [0.15, 0.2) is 0 Å². The summed E-state index contributed by atoms with van der Waals surface area (Å²) < 4.78 is 4.89. The first-order valence-electron chi connectivity index (χ1n) is 5.94. The van der Waals surface area contributed by atoms with Crippen LogP contribution in [0.25, 0.3) is 0 Å². The lowest BCUT2D eigenvalue weighted by molar-refractivity contribution is -0.128. The highest BCUT2D eigenvalue weighted by molar-refractivity contribution is 6.83. The molecule has 0 atom stereocenters. The molecule has 0 spiro atoms. The number of hydrogen-bond donors (Lipinski definition) is 0. The fourth-order valence-corrected chi connectivity index (χ4v) is 9.35. The van der Waals surface area contributed by atoms with Crippen LogP contribution in [-0.2, 0) is 9.53 Å². The Morgan fingerprint density at radius 1 is 1.00 bits per heavy atom. The highest BCUT2D eigenvalue weighted by atomic mass is 28.3. The molecule has 0 bridgehead atoms. The van der Waals surface area contributed by atoms with Gasteiger partial charge >= 0.3 is 0 Å². The monoisotopic (exact) mass is 230 g/mol. The van der Waals surface area contributed by atoms with Crippen molar-refractivity contribution in [1.29, 1.82) is 0 Å². The second-order valence-corrected chi connectivity index (χ2v) is 11.5. The zero-order chi connectivity index (χ0) is 12.1. The average Bonchev–Trinajstić information content (AvgIpc) is 2.10. The Hall–Kier alpha value is -0.313. The van der Waals surface area contributed by atoms with Crippen LogP contribution in [0.2, 0.25) is 22.7 Å². The van der Waals surface area contributed by atoms with Crippen LogP contribution in [0, 0.1) is 0 Å². The molecule has 0 amide bonds. The first-order chi connectivity index (χ1) is 6.89. The molecule has 0 aliphatic heterocycles. The van der Waals surface area contributed by atoms with Gasteiger partial charge in [0, 0.05) is 0 Å². The zero-order valence-electron chi connectivity index (χ0n) is 11.0. The van der Waals surface area contributed by atoms with E-state index in [0.29, 0.717) is 13.1 Å². The normalized spacial score (nSPS) is 12.6. The molecule has 0 fully saturated rings. The van der Waals surface area contributed by atoms with Crippen molar-refractivity contribution in [2.75, 3.05) is 6.61 Å². The molecular weight excluding hydrogens is 204 g/mol. The fraction of sp³-hybridized carbons (Fsp3) is 0.917. The smallest absolute Gasteiger partial charge is 0.293 e. The maximum Gasteiger partial charge on any atom is 0.293 e. The maximum atomic E-state index is 10.2. The Labute approximate surface area is 95.4 Å². The van der Waals surface area contributed by atoms with Crippen LogP contribution in [0.1, 0.15) is 41.5 Å². The summed E-state index contributed by atoms with van der Waals surface area (Å²) in [5, 5.41) is 0. The van der Waals surface area contributed by atoms with Gasteiger partial charge in [-0.3, -0.25) is 4.79 Å². The largest absolute Gasteiger partial charge is 0.468 e. The molecule has 0 saturated carbocycles. The topological polar surface area (TPSA) is 26.3 Å². The molecule has 3 heteroatoms. The van der Waals surface area contributed by atoms with Gasteiger partial charge in [-0.1, -0.05) is 58.2 Å². The van der Waals surface area contributed by atoms with Gasteiger partial charge in [0.05, 0.1) is 14.7 Å². The van der Waals surface area contributed by atoms with Gasteiger partial charge in [0.1, 0.15) is 0 Å². The number of carbonyl (C=O) groups is 1. The molecule has 0 aromatic carbocycles. The minimum absolute atomic E-state index is 0.570. The Kier molecular flexibility index (Phi) is 6.18. The van der Waals surface area contributed by atoms with Crippen molar-refractivity contribution < 1.29 is 9.53 Å². The van der Waals surface area contributed by atoms with E-state index in [1.807, 2.05) is 0 Å². The predicted molar refractivity (Wildman–Crippen MR) is 67.9 cm³/mol. The number of ether oxygens (including phenoxy) is 1. The quantitative estimate of drug-likeness (QED) is 0.377. The van der Waals surface area contributed by atoms with Crippen molar-refractivity contribution >= 4 is 14.5 Å². The summed E-state index contributed by atoms with van der Waals surface area (Å²) in [6, 6.07) is 1.10. The first-order valence-corrected chi connectivity index (χ1v) is 8.38. The van der Waals surface area contributed by atoms with Gasteiger partial charge in [-0.05, 0) is 6.04 Å². The van der Waals surface area contributed by atoms with Crippen molar-refractivity contribution in [3.8, 4) is 0 Å². The molecule has 0 radical (unpaired) electrons. The molecule has 0 heterocycles. The van der Waals surface area contributed by atoms with Crippen molar-refractivity contribution in [1.82, 2.24) is 0 Å². The third-order valence-corrected chi connectivity index (χ3v) is 11.5. The minimum atomic E-state index is -1.35. The van der Waals surface area contributed by atoms with Gasteiger partial charge in [0.15, 0.2) is 0 Å². The lowest BCUT2D eigenvalue weighted by Gasteiger charge is -2.43. The summed E-state index contributed by atoms with van der Waals surface area (Å²) in [6.45, 7) is 15.1. The van der Waals surface area contributed by atoms with E-state index in [1.165, 1.54) is 0 Å². The molecule has 0 saturated heterocycles. The summed E-state index contributed by atoms with van der Waals surface area (Å²) in [6.07, 6.45) is 0. The molecule has 0 aromatic rings. The Morgan fingerprint density at radius 2 is 1.40 bits per heavy atom. The molecule has 0 aromatic heterocycles. The van der Waals surface area contributed by atoms with Crippen LogP contribution in [0.3, 0.4) is 0 Å². The zero-order valence-corrected chi connectivity index (χ0v) is 12.0. The molecule has 15 heavy (non-hydrogen) atoms. The summed E-state index contributed by atoms with van der Waals surface area (Å²) in [7, 11) is -1.35. The van der Waals surface area contributed by atoms with Gasteiger partial charge in [0.2, 0.25) is 0 Å². The fourth-order valence-electron chi connectivity index (χ4n) is 3.15. The van der Waals surface area contributed by atoms with Gasteiger partial charge in [-0.2, -0.15) is 0 Å². The van der Waals surface area contributed by atoms with Crippen LogP contribution < -0.4 is 0 Å². The molecule has 0 unspecified atom stereocenters. The molecule has 90 valence electrons. The van der Waals surface area contributed by atoms with E-state index in [4.69, 9.17) is 4.74 Å². The Balaban J connectivity index is 4.72. The highest BCUT2D eigenvalue weighted by Gasteiger charge is 2.41. The molecule has 0 aliphatic rings. The Bertz CT molecular complexity index is 166. The molecule has 0 rings (SSSR count). The van der Waals surface area contributed by atoms with Crippen LogP contribution in [0.5, 0.6) is 0 Å². The predicted octanol–water partition coefficient (Wildman–Crippen LogP) is 3.84. The summed E-state index contributed by atoms with van der Waals surface area (Å²) in [4.78, 5) is 10.2. The molecule has 0 N–H and O–H groups in total. The van der Waals surface area contributed by atoms with Gasteiger partial charge in [-0.25, -0.2) is 0 Å². The summed E-state index contributed by atoms with van der Waals surface area (Å²) in [5.74, 6) is 0. The van der Waals surface area contributed by atoms with E-state index in [2.05, 4.69) is 41.5 Å². The van der Waals surface area contributed by atoms with E-state index >= 15 is 0 Å². The maximum absolute atomic E-state index is 10.2. The standard InChI is InChI=1S/C12H26O2Si/c1-10(2)15(11(3)4,12(5)6)8-7-14-9-13/h9-12H,7-8H2,1-6H3. The third-order valence-electron chi connectivity index (χ3n) is 3.95. The van der Waals surface area contributed by atoms with Crippen molar-refractivity contribution in [2.45, 2.75) is 64.2 Å². The number of carbonyl (C=O) groups excluding carboxylic acids is 1. The average molecular weight is 230 g/mol. The highest BCUT2D eigenvalue weighted by Crippen LogP contribution is 2.44. The molecule has 0 aliphatic carbocycles. The van der Waals surface area contributed by atoms with Crippen LogP contribution in [-0.4, -0.2) is 21.2 Å². The van der Waals surface area contributed by atoms with E-state index < -0.39 is 8.07 Å². The lowest BCUT2D eigenvalue weighted by Crippen LogP contribution is -2.45. The Morgan fingerprint density at radius 3 is 1.67 bits per heavy atom. The van der Waals surface area contributed by atoms with Gasteiger partial charge in [-0.15, -0.1) is 0 Å². The first kappa shape index (κ1) is 14.7. The van der Waals surface area contributed by atoms with Crippen molar-refractivity contribution in [3.63, 3.8) is 0 Å². The molecular formula is C12H26O2Si. The second kappa shape index (κ2) is 6.31. The second-order valence-electron chi connectivity index (χ2n) is 5.29. The SMILES string of the molecule is CC(C)[Si](CCOC=O)(C(C)C)C(C)C. The van der Waals surface area contributed by atoms with Crippen LogP contribution >= 0.6 is 0 Å². The number of hydrogen-bond acceptors (Lipinski definition) is 2. The van der Waals surface area contributed by atoms with E-state index in [0.717, 1.165) is 22.7 Å². The van der Waals surface area contributed by atoms with Crippen molar-refractivity contribution in [3.05, 3.63) is 0 Å². The van der Waals surface area contributed by atoms with Crippen molar-refractivity contribution in [2.24, 2.45) is 0 Å². The molecule has 2 nitrogen and oxygen atoms in total. The van der Waals surface area contributed by atoms with E-state index in [1.54, 1.807) is 0 Å². The number of rotatable bonds is 7. The summed E-state index contributed by atoms with van der Waals surface area (Å²) in [5.41, 5.74) is 2.23. The van der Waals surface area contributed by atoms with Crippen LogP contribution in [0.4, 0.5) is 0 Å². The third kappa shape index (κ3) is 3.33.